The summed E-state index contributed by atoms with van der Waals surface area (Å²) in [6, 6.07) is 7.27. The fourth-order valence-electron chi connectivity index (χ4n) is 4.13. The zero-order chi connectivity index (χ0) is 28.1. The molecule has 0 bridgehead atoms. The van der Waals surface area contributed by atoms with Crippen molar-refractivity contribution >= 4 is 45.6 Å². The van der Waals surface area contributed by atoms with E-state index in [1.54, 1.807) is 37.8 Å². The molecule has 202 valence electrons. The quantitative estimate of drug-likeness (QED) is 0.195. The molecule has 1 aromatic carbocycles. The van der Waals surface area contributed by atoms with Crippen molar-refractivity contribution in [3.05, 3.63) is 61.2 Å². The van der Waals surface area contributed by atoms with E-state index < -0.39 is 0 Å². The van der Waals surface area contributed by atoms with Crippen molar-refractivity contribution in [2.24, 2.45) is 0 Å². The van der Waals surface area contributed by atoms with Gasteiger partial charge in [-0.05, 0) is 38.4 Å². The highest BCUT2D eigenvalue weighted by Gasteiger charge is 2.18. The summed E-state index contributed by atoms with van der Waals surface area (Å²) in [6.45, 7) is 6.61. The van der Waals surface area contributed by atoms with Gasteiger partial charge in [0.15, 0.2) is 5.78 Å². The number of aromatic amines is 1. The second-order valence-electron chi connectivity index (χ2n) is 9.22. The predicted molar refractivity (Wildman–Crippen MR) is 154 cm³/mol. The van der Waals surface area contributed by atoms with E-state index >= 15 is 0 Å². The van der Waals surface area contributed by atoms with Crippen molar-refractivity contribution in [3.8, 4) is 17.0 Å². The number of pyridine rings is 1. The number of carbonyl (C=O) groups is 2. The van der Waals surface area contributed by atoms with E-state index in [-0.39, 0.29) is 11.7 Å². The van der Waals surface area contributed by atoms with Gasteiger partial charge in [0.2, 0.25) is 11.9 Å². The molecule has 11 heteroatoms. The number of anilines is 4. The van der Waals surface area contributed by atoms with E-state index in [2.05, 4.69) is 37.1 Å². The van der Waals surface area contributed by atoms with Gasteiger partial charge < -0.3 is 30.2 Å². The van der Waals surface area contributed by atoms with Gasteiger partial charge in [0.1, 0.15) is 11.4 Å². The number of methoxy groups -OCH3 is 1. The van der Waals surface area contributed by atoms with E-state index in [9.17, 15) is 9.59 Å². The molecule has 0 saturated heterocycles. The SMILES string of the molecule is C=CC(=O)Nc1cc(Nc2nccc(-c3c[nH]c4c(C(C)=O)nccc34)n2)c(OC)cc1N(C)CCN(C)C. The Morgan fingerprint density at radius 1 is 1.10 bits per heavy atom. The maximum atomic E-state index is 12.2. The van der Waals surface area contributed by atoms with Gasteiger partial charge in [-0.3, -0.25) is 14.6 Å². The molecule has 0 fully saturated rings. The Morgan fingerprint density at radius 2 is 1.87 bits per heavy atom. The average molecular weight is 529 g/mol. The smallest absolute Gasteiger partial charge is 0.247 e. The first-order valence-corrected chi connectivity index (χ1v) is 12.3. The lowest BCUT2D eigenvalue weighted by Gasteiger charge is -2.26. The summed E-state index contributed by atoms with van der Waals surface area (Å²) in [5.74, 6) is 0.430. The molecule has 11 nitrogen and oxygen atoms in total. The highest BCUT2D eigenvalue weighted by atomic mass is 16.5. The predicted octanol–water partition coefficient (Wildman–Crippen LogP) is 4.10. The Kier molecular flexibility index (Phi) is 8.21. The first-order chi connectivity index (χ1) is 18.7. The second-order valence-corrected chi connectivity index (χ2v) is 9.22. The summed E-state index contributed by atoms with van der Waals surface area (Å²) in [4.78, 5) is 44.8. The molecule has 0 aliphatic heterocycles. The first-order valence-electron chi connectivity index (χ1n) is 12.3. The van der Waals surface area contributed by atoms with Crippen LogP contribution < -0.4 is 20.3 Å². The summed E-state index contributed by atoms with van der Waals surface area (Å²) < 4.78 is 5.68. The standard InChI is InChI=1S/C28H32N8O3/c1-7-25(38)32-21-14-22(24(39-6)15-23(21)36(5)13-12-35(3)4)34-28-30-11-9-20(33-28)19-16-31-27-18(19)8-10-29-26(27)17(2)37/h7-11,14-16,31H,1,12-13H2,2-6H3,(H,32,38)(H,30,33,34). The lowest BCUT2D eigenvalue weighted by Crippen LogP contribution is -2.29. The Labute approximate surface area is 226 Å². The normalized spacial score (nSPS) is 10.9. The van der Waals surface area contributed by atoms with Gasteiger partial charge in [-0.15, -0.1) is 0 Å². The molecule has 0 saturated carbocycles. The molecule has 0 spiro atoms. The molecule has 4 aromatic rings. The third kappa shape index (κ3) is 6.04. The molecule has 0 aliphatic carbocycles. The number of nitrogens with zero attached hydrogens (tertiary/aromatic N) is 5. The molecule has 3 heterocycles. The highest BCUT2D eigenvalue weighted by molar-refractivity contribution is 6.07. The zero-order valence-electron chi connectivity index (χ0n) is 22.7. The number of H-pyrrole nitrogens is 1. The number of aromatic nitrogens is 4. The van der Waals surface area contributed by atoms with Crippen LogP contribution in [0.25, 0.3) is 22.2 Å². The minimum atomic E-state index is -0.328. The van der Waals surface area contributed by atoms with E-state index in [0.717, 1.165) is 29.7 Å². The molecular weight excluding hydrogens is 496 g/mol. The minimum Gasteiger partial charge on any atom is -0.494 e. The van der Waals surface area contributed by atoms with Crippen LogP contribution in [-0.4, -0.2) is 77.9 Å². The van der Waals surface area contributed by atoms with Crippen LogP contribution in [0.1, 0.15) is 17.4 Å². The molecule has 1 amide bonds. The molecule has 3 aromatic heterocycles. The number of benzene rings is 1. The van der Waals surface area contributed by atoms with Gasteiger partial charge in [0.05, 0.1) is 35.4 Å². The molecule has 0 unspecified atom stereocenters. The number of nitrogens with one attached hydrogen (secondary N) is 3. The second kappa shape index (κ2) is 11.7. The van der Waals surface area contributed by atoms with Gasteiger partial charge in [-0.2, -0.15) is 0 Å². The monoisotopic (exact) mass is 528 g/mol. The molecule has 4 rings (SSSR count). The van der Waals surface area contributed by atoms with Crippen LogP contribution in [0.3, 0.4) is 0 Å². The lowest BCUT2D eigenvalue weighted by molar-refractivity contribution is -0.111. The van der Waals surface area contributed by atoms with E-state index in [1.165, 1.54) is 13.0 Å². The number of rotatable bonds is 11. The Balaban J connectivity index is 1.71. The Morgan fingerprint density at radius 3 is 2.56 bits per heavy atom. The minimum absolute atomic E-state index is 0.124. The molecule has 0 aliphatic rings. The number of likely N-dealkylation sites (N-methyl/N-ethyl adjacent to an activating group) is 2. The van der Waals surface area contributed by atoms with Crippen LogP contribution >= 0.6 is 0 Å². The maximum absolute atomic E-state index is 12.2. The molecule has 0 atom stereocenters. The topological polar surface area (TPSA) is 128 Å². The fourth-order valence-corrected chi connectivity index (χ4v) is 4.13. The number of Topliss-reactive ketones (excluding diaryl/α,β-unsaturated/α-hetero) is 1. The summed E-state index contributed by atoms with van der Waals surface area (Å²) >= 11 is 0. The third-order valence-corrected chi connectivity index (χ3v) is 6.17. The van der Waals surface area contributed by atoms with Crippen LogP contribution in [0.15, 0.2) is 55.5 Å². The number of carbonyl (C=O) groups excluding carboxylic acids is 2. The zero-order valence-corrected chi connectivity index (χ0v) is 22.7. The molecule has 39 heavy (non-hydrogen) atoms. The lowest BCUT2D eigenvalue weighted by atomic mass is 10.1. The van der Waals surface area contributed by atoms with Crippen molar-refractivity contribution in [3.63, 3.8) is 0 Å². The van der Waals surface area contributed by atoms with Crippen molar-refractivity contribution in [2.45, 2.75) is 6.92 Å². The van der Waals surface area contributed by atoms with Crippen molar-refractivity contribution in [1.82, 2.24) is 24.8 Å². The fraction of sp³-hybridized carbons (Fsp3) is 0.250. The van der Waals surface area contributed by atoms with E-state index in [0.29, 0.717) is 40.0 Å². The number of amides is 1. The largest absolute Gasteiger partial charge is 0.494 e. The number of ether oxygens (including phenoxy) is 1. The third-order valence-electron chi connectivity index (χ3n) is 6.17. The van der Waals surface area contributed by atoms with Gasteiger partial charge in [-0.25, -0.2) is 9.97 Å². The first kappa shape index (κ1) is 27.3. The van der Waals surface area contributed by atoms with Gasteiger partial charge in [-0.1, -0.05) is 6.58 Å². The maximum Gasteiger partial charge on any atom is 0.247 e. The van der Waals surface area contributed by atoms with Crippen LogP contribution in [-0.2, 0) is 4.79 Å². The van der Waals surface area contributed by atoms with Gasteiger partial charge in [0, 0.05) is 62.7 Å². The van der Waals surface area contributed by atoms with E-state index in [1.807, 2.05) is 38.2 Å². The van der Waals surface area contributed by atoms with Gasteiger partial charge in [0.25, 0.3) is 0 Å². The van der Waals surface area contributed by atoms with Crippen LogP contribution in [0.2, 0.25) is 0 Å². The van der Waals surface area contributed by atoms with Crippen LogP contribution in [0.4, 0.5) is 23.0 Å². The summed E-state index contributed by atoms with van der Waals surface area (Å²) in [5.41, 5.74) is 4.44. The number of ketones is 1. The van der Waals surface area contributed by atoms with Crippen molar-refractivity contribution < 1.29 is 14.3 Å². The Hall–Kier alpha value is -4.77. The van der Waals surface area contributed by atoms with Crippen molar-refractivity contribution in [2.75, 3.05) is 56.9 Å². The average Bonchev–Trinajstić information content (AvgIpc) is 3.36. The molecule has 0 radical (unpaired) electrons. The summed E-state index contributed by atoms with van der Waals surface area (Å²) in [5, 5.41) is 6.94. The Bertz CT molecular complexity index is 1530. The summed E-state index contributed by atoms with van der Waals surface area (Å²) in [7, 11) is 7.54. The number of fused-ring (bicyclic) bond motifs is 1. The summed E-state index contributed by atoms with van der Waals surface area (Å²) in [6.07, 6.45) is 6.28. The van der Waals surface area contributed by atoms with Crippen molar-refractivity contribution in [1.29, 1.82) is 0 Å². The van der Waals surface area contributed by atoms with E-state index in [4.69, 9.17) is 9.72 Å². The molecular formula is C28H32N8O3. The van der Waals surface area contributed by atoms with Crippen LogP contribution in [0, 0.1) is 0 Å². The highest BCUT2D eigenvalue weighted by Crippen LogP contribution is 2.38. The van der Waals surface area contributed by atoms with Gasteiger partial charge >= 0.3 is 0 Å². The van der Waals surface area contributed by atoms with Crippen LogP contribution in [0.5, 0.6) is 5.75 Å². The number of hydrogen-bond donors (Lipinski definition) is 3. The molecule has 3 N–H and O–H groups in total. The number of hydrogen-bond acceptors (Lipinski definition) is 9.